The van der Waals surface area contributed by atoms with Crippen LogP contribution in [0.15, 0.2) is 41.9 Å². The highest BCUT2D eigenvalue weighted by molar-refractivity contribution is 8.93. The van der Waals surface area contributed by atoms with Crippen molar-refractivity contribution in [2.75, 3.05) is 14.2 Å². The number of hydrogen-bond donors (Lipinski definition) is 0. The van der Waals surface area contributed by atoms with Crippen molar-refractivity contribution in [2.24, 2.45) is 0 Å². The van der Waals surface area contributed by atoms with E-state index in [1.165, 1.54) is 0 Å². The molecule has 3 aromatic rings. The van der Waals surface area contributed by atoms with Crippen LogP contribution < -0.4 is 9.47 Å². The molecule has 0 amide bonds. The summed E-state index contributed by atoms with van der Waals surface area (Å²) in [5.74, 6) is 1.57. The van der Waals surface area contributed by atoms with Crippen LogP contribution in [0.3, 0.4) is 0 Å². The zero-order valence-electron chi connectivity index (χ0n) is 14.5. The maximum absolute atomic E-state index is 5.46. The van der Waals surface area contributed by atoms with E-state index in [1.807, 2.05) is 35.8 Å². The van der Waals surface area contributed by atoms with E-state index >= 15 is 0 Å². The van der Waals surface area contributed by atoms with Crippen molar-refractivity contribution in [2.45, 2.75) is 19.8 Å². The van der Waals surface area contributed by atoms with Gasteiger partial charge < -0.3 is 9.47 Å². The predicted octanol–water partition coefficient (Wildman–Crippen LogP) is 5.42. The Hall–Kier alpha value is -1.92. The first-order valence-electron chi connectivity index (χ1n) is 7.88. The molecular weight excluding hydrogens is 400 g/mol. The third-order valence-electron chi connectivity index (χ3n) is 3.76. The Kier molecular flexibility index (Phi) is 6.96. The first-order valence-corrected chi connectivity index (χ1v) is 8.76. The average Bonchev–Trinajstić information content (AvgIpc) is 3.11. The van der Waals surface area contributed by atoms with E-state index in [1.54, 1.807) is 25.6 Å². The molecule has 0 unspecified atom stereocenters. The minimum Gasteiger partial charge on any atom is -0.497 e. The van der Waals surface area contributed by atoms with Crippen LogP contribution in [0, 0.1) is 0 Å². The fourth-order valence-electron chi connectivity index (χ4n) is 2.55. The molecule has 2 aromatic heterocycles. The summed E-state index contributed by atoms with van der Waals surface area (Å²) >= 11 is 1.62. The largest absolute Gasteiger partial charge is 0.497 e. The first-order chi connectivity index (χ1) is 11.7. The molecule has 0 atom stereocenters. The molecule has 2 heterocycles. The first kappa shape index (κ1) is 19.4. The SMILES string of the molecule is Br.CCCc1cc(-c2nc(-c3cc(OC)ccc3OC)cs2)ccn1. The quantitative estimate of drug-likeness (QED) is 0.533. The Morgan fingerprint density at radius 1 is 1.08 bits per heavy atom. The third-order valence-corrected chi connectivity index (χ3v) is 4.65. The van der Waals surface area contributed by atoms with Crippen LogP contribution in [0.1, 0.15) is 19.0 Å². The number of methoxy groups -OCH3 is 2. The van der Waals surface area contributed by atoms with Crippen molar-refractivity contribution in [3.63, 3.8) is 0 Å². The molecule has 0 aliphatic heterocycles. The van der Waals surface area contributed by atoms with E-state index in [2.05, 4.69) is 18.0 Å². The van der Waals surface area contributed by atoms with Crippen LogP contribution in [0.4, 0.5) is 0 Å². The number of aryl methyl sites for hydroxylation is 1. The maximum atomic E-state index is 5.46. The van der Waals surface area contributed by atoms with Crippen LogP contribution in [0.25, 0.3) is 21.8 Å². The lowest BCUT2D eigenvalue weighted by molar-refractivity contribution is 0.404. The van der Waals surface area contributed by atoms with Crippen molar-refractivity contribution >= 4 is 28.3 Å². The van der Waals surface area contributed by atoms with Crippen molar-refractivity contribution in [1.29, 1.82) is 0 Å². The molecule has 4 nitrogen and oxygen atoms in total. The lowest BCUT2D eigenvalue weighted by Crippen LogP contribution is -1.91. The van der Waals surface area contributed by atoms with Gasteiger partial charge in [-0.3, -0.25) is 4.98 Å². The molecule has 0 aliphatic rings. The molecule has 0 aliphatic carbocycles. The molecule has 0 saturated heterocycles. The molecule has 0 radical (unpaired) electrons. The summed E-state index contributed by atoms with van der Waals surface area (Å²) in [7, 11) is 3.32. The highest BCUT2D eigenvalue weighted by Crippen LogP contribution is 2.36. The molecule has 6 heteroatoms. The van der Waals surface area contributed by atoms with E-state index < -0.39 is 0 Å². The van der Waals surface area contributed by atoms with Crippen LogP contribution in [-0.2, 0) is 6.42 Å². The smallest absolute Gasteiger partial charge is 0.128 e. The standard InChI is InChI=1S/C19H20N2O2S.BrH/c1-4-5-14-10-13(8-9-20-14)19-21-17(12-24-19)16-11-15(22-2)6-7-18(16)23-3;/h6-12H,4-5H2,1-3H3;1H. The van der Waals surface area contributed by atoms with Gasteiger partial charge in [0.2, 0.25) is 0 Å². The molecule has 3 rings (SSSR count). The van der Waals surface area contributed by atoms with Gasteiger partial charge in [-0.15, -0.1) is 28.3 Å². The van der Waals surface area contributed by atoms with E-state index in [0.29, 0.717) is 0 Å². The number of ether oxygens (including phenoxy) is 2. The normalized spacial score (nSPS) is 10.2. The maximum Gasteiger partial charge on any atom is 0.128 e. The van der Waals surface area contributed by atoms with Gasteiger partial charge in [0.25, 0.3) is 0 Å². The molecular formula is C19H21BrN2O2S. The van der Waals surface area contributed by atoms with Gasteiger partial charge in [-0.25, -0.2) is 4.98 Å². The Bertz CT molecular complexity index is 836. The topological polar surface area (TPSA) is 44.2 Å². The third kappa shape index (κ3) is 4.38. The lowest BCUT2D eigenvalue weighted by Gasteiger charge is -2.08. The van der Waals surface area contributed by atoms with Crippen molar-refractivity contribution in [3.8, 4) is 33.3 Å². The van der Waals surface area contributed by atoms with Gasteiger partial charge in [0.15, 0.2) is 0 Å². The van der Waals surface area contributed by atoms with Gasteiger partial charge in [-0.05, 0) is 36.8 Å². The zero-order chi connectivity index (χ0) is 16.9. The second kappa shape index (κ2) is 8.97. The monoisotopic (exact) mass is 420 g/mol. The van der Waals surface area contributed by atoms with Crippen molar-refractivity contribution < 1.29 is 9.47 Å². The van der Waals surface area contributed by atoms with E-state index in [4.69, 9.17) is 14.5 Å². The number of rotatable bonds is 6. The minimum atomic E-state index is 0. The summed E-state index contributed by atoms with van der Waals surface area (Å²) < 4.78 is 10.8. The number of pyridine rings is 1. The predicted molar refractivity (Wildman–Crippen MR) is 108 cm³/mol. The van der Waals surface area contributed by atoms with Gasteiger partial charge in [0.1, 0.15) is 16.5 Å². The summed E-state index contributed by atoms with van der Waals surface area (Å²) in [5.41, 5.74) is 4.03. The second-order valence-electron chi connectivity index (χ2n) is 5.39. The van der Waals surface area contributed by atoms with Crippen LogP contribution in [-0.4, -0.2) is 24.2 Å². The number of thiazole rings is 1. The fourth-order valence-corrected chi connectivity index (χ4v) is 3.37. The summed E-state index contributed by atoms with van der Waals surface area (Å²) in [6.45, 7) is 2.16. The highest BCUT2D eigenvalue weighted by Gasteiger charge is 2.13. The molecule has 0 fully saturated rings. The number of halogens is 1. The summed E-state index contributed by atoms with van der Waals surface area (Å²) in [6.07, 6.45) is 3.92. The molecule has 132 valence electrons. The van der Waals surface area contributed by atoms with Crippen molar-refractivity contribution in [1.82, 2.24) is 9.97 Å². The van der Waals surface area contributed by atoms with Gasteiger partial charge in [0.05, 0.1) is 19.9 Å². The lowest BCUT2D eigenvalue weighted by atomic mass is 10.1. The summed E-state index contributed by atoms with van der Waals surface area (Å²) in [6, 6.07) is 9.86. The Morgan fingerprint density at radius 2 is 1.92 bits per heavy atom. The summed E-state index contributed by atoms with van der Waals surface area (Å²) in [5, 5.41) is 3.03. The van der Waals surface area contributed by atoms with Gasteiger partial charge in [0, 0.05) is 28.4 Å². The van der Waals surface area contributed by atoms with Gasteiger partial charge in [-0.1, -0.05) is 13.3 Å². The Morgan fingerprint density at radius 3 is 2.64 bits per heavy atom. The van der Waals surface area contributed by atoms with Crippen LogP contribution in [0.2, 0.25) is 0 Å². The molecule has 25 heavy (non-hydrogen) atoms. The van der Waals surface area contributed by atoms with Crippen molar-refractivity contribution in [3.05, 3.63) is 47.6 Å². The molecule has 0 saturated carbocycles. The molecule has 0 spiro atoms. The van der Waals surface area contributed by atoms with Gasteiger partial charge in [-0.2, -0.15) is 0 Å². The Labute approximate surface area is 162 Å². The van der Waals surface area contributed by atoms with Crippen LogP contribution >= 0.6 is 28.3 Å². The fraction of sp³-hybridized carbons (Fsp3) is 0.263. The van der Waals surface area contributed by atoms with E-state index in [0.717, 1.165) is 51.9 Å². The number of aromatic nitrogens is 2. The number of benzene rings is 1. The van der Waals surface area contributed by atoms with Crippen LogP contribution in [0.5, 0.6) is 11.5 Å². The summed E-state index contributed by atoms with van der Waals surface area (Å²) in [4.78, 5) is 9.20. The van der Waals surface area contributed by atoms with E-state index in [-0.39, 0.29) is 17.0 Å². The molecule has 1 aromatic carbocycles. The number of hydrogen-bond acceptors (Lipinski definition) is 5. The molecule has 0 bridgehead atoms. The number of nitrogens with zero attached hydrogens (tertiary/aromatic N) is 2. The Balaban J connectivity index is 0.00000225. The zero-order valence-corrected chi connectivity index (χ0v) is 17.0. The van der Waals surface area contributed by atoms with Gasteiger partial charge >= 0.3 is 0 Å². The molecule has 0 N–H and O–H groups in total. The minimum absolute atomic E-state index is 0. The highest BCUT2D eigenvalue weighted by atomic mass is 79.9. The van der Waals surface area contributed by atoms with E-state index in [9.17, 15) is 0 Å². The average molecular weight is 421 g/mol. The second-order valence-corrected chi connectivity index (χ2v) is 6.25.